The molecule has 0 bridgehead atoms. The fourth-order valence-electron chi connectivity index (χ4n) is 2.46. The first-order valence-electron chi connectivity index (χ1n) is 7.41. The Morgan fingerprint density at radius 3 is 2.38 bits per heavy atom. The quantitative estimate of drug-likeness (QED) is 0.634. The Bertz CT molecular complexity index is 591. The number of anilines is 1. The van der Waals surface area contributed by atoms with Gasteiger partial charge in [-0.25, -0.2) is 9.97 Å². The third-order valence-electron chi connectivity index (χ3n) is 3.26. The van der Waals surface area contributed by atoms with Gasteiger partial charge in [0, 0.05) is 17.9 Å². The van der Waals surface area contributed by atoms with Crippen LogP contribution >= 0.6 is 11.8 Å². The smallest absolute Gasteiger partial charge is 0.133 e. The van der Waals surface area contributed by atoms with Gasteiger partial charge >= 0.3 is 0 Å². The molecule has 0 fully saturated rings. The van der Waals surface area contributed by atoms with E-state index < -0.39 is 0 Å². The first-order chi connectivity index (χ1) is 10.1. The average molecular weight is 301 g/mol. The minimum Gasteiger partial charge on any atom is -0.370 e. The number of thioether (sulfide) groups is 1. The molecule has 0 aliphatic rings. The Morgan fingerprint density at radius 2 is 1.76 bits per heavy atom. The van der Waals surface area contributed by atoms with Gasteiger partial charge in [-0.05, 0) is 32.8 Å². The molecule has 3 nitrogen and oxygen atoms in total. The van der Waals surface area contributed by atoms with E-state index in [0.717, 1.165) is 29.6 Å². The molecule has 2 aromatic rings. The second kappa shape index (κ2) is 7.46. The Balaban J connectivity index is 2.17. The van der Waals surface area contributed by atoms with Crippen molar-refractivity contribution in [2.24, 2.45) is 0 Å². The SMILES string of the molecule is CCNc1ncnc(SCc2cc(C)cc(C)c2)c1CC. The Morgan fingerprint density at radius 1 is 1.05 bits per heavy atom. The van der Waals surface area contributed by atoms with Crippen LogP contribution < -0.4 is 5.32 Å². The average Bonchev–Trinajstić information content (AvgIpc) is 2.44. The van der Waals surface area contributed by atoms with Crippen LogP contribution in [0.4, 0.5) is 5.82 Å². The molecule has 0 aliphatic carbocycles. The maximum absolute atomic E-state index is 4.46. The Kier molecular flexibility index (Phi) is 5.62. The molecule has 1 aromatic heterocycles. The van der Waals surface area contributed by atoms with Crippen molar-refractivity contribution in [3.05, 3.63) is 46.8 Å². The number of hydrogen-bond donors (Lipinski definition) is 1. The molecule has 0 saturated heterocycles. The Labute approximate surface area is 131 Å². The highest BCUT2D eigenvalue weighted by molar-refractivity contribution is 7.98. The topological polar surface area (TPSA) is 37.8 Å². The molecule has 0 spiro atoms. The van der Waals surface area contributed by atoms with Crippen LogP contribution in [0.15, 0.2) is 29.6 Å². The van der Waals surface area contributed by atoms with Crippen molar-refractivity contribution in [1.29, 1.82) is 0 Å². The zero-order valence-corrected chi connectivity index (χ0v) is 14.0. The first kappa shape index (κ1) is 15.8. The summed E-state index contributed by atoms with van der Waals surface area (Å²) in [6.45, 7) is 9.41. The summed E-state index contributed by atoms with van der Waals surface area (Å²) in [5.41, 5.74) is 5.20. The first-order valence-corrected chi connectivity index (χ1v) is 8.40. The van der Waals surface area contributed by atoms with Gasteiger partial charge in [0.15, 0.2) is 0 Å². The van der Waals surface area contributed by atoms with Crippen LogP contribution in [0.3, 0.4) is 0 Å². The zero-order chi connectivity index (χ0) is 15.2. The normalized spacial score (nSPS) is 10.7. The van der Waals surface area contributed by atoms with Crippen molar-refractivity contribution in [3.8, 4) is 0 Å². The van der Waals surface area contributed by atoms with E-state index in [4.69, 9.17) is 0 Å². The van der Waals surface area contributed by atoms with E-state index in [1.165, 1.54) is 22.3 Å². The number of aryl methyl sites for hydroxylation is 2. The van der Waals surface area contributed by atoms with Gasteiger partial charge in [-0.3, -0.25) is 0 Å². The van der Waals surface area contributed by atoms with Crippen LogP contribution in [0, 0.1) is 13.8 Å². The highest BCUT2D eigenvalue weighted by atomic mass is 32.2. The van der Waals surface area contributed by atoms with Gasteiger partial charge in [0.2, 0.25) is 0 Å². The van der Waals surface area contributed by atoms with E-state index in [0.29, 0.717) is 0 Å². The van der Waals surface area contributed by atoms with Crippen molar-refractivity contribution < 1.29 is 0 Å². The number of nitrogens with one attached hydrogen (secondary N) is 1. The number of benzene rings is 1. The van der Waals surface area contributed by atoms with Gasteiger partial charge in [0.05, 0.1) is 0 Å². The second-order valence-corrected chi connectivity index (χ2v) is 6.14. The van der Waals surface area contributed by atoms with E-state index in [-0.39, 0.29) is 0 Å². The highest BCUT2D eigenvalue weighted by Crippen LogP contribution is 2.28. The largest absolute Gasteiger partial charge is 0.370 e. The van der Waals surface area contributed by atoms with Gasteiger partial charge < -0.3 is 5.32 Å². The third kappa shape index (κ3) is 4.21. The van der Waals surface area contributed by atoms with Gasteiger partial charge in [0.25, 0.3) is 0 Å². The number of aromatic nitrogens is 2. The van der Waals surface area contributed by atoms with Gasteiger partial charge in [-0.15, -0.1) is 11.8 Å². The molecule has 0 atom stereocenters. The summed E-state index contributed by atoms with van der Waals surface area (Å²) < 4.78 is 0. The lowest BCUT2D eigenvalue weighted by Crippen LogP contribution is -2.05. The summed E-state index contributed by atoms with van der Waals surface area (Å²) in [7, 11) is 0. The summed E-state index contributed by atoms with van der Waals surface area (Å²) in [4.78, 5) is 8.81. The number of hydrogen-bond acceptors (Lipinski definition) is 4. The summed E-state index contributed by atoms with van der Waals surface area (Å²) in [5, 5.41) is 4.41. The molecule has 2 rings (SSSR count). The lowest BCUT2D eigenvalue weighted by Gasteiger charge is -2.12. The standard InChI is InChI=1S/C17H23N3S/c1-5-15-16(18-6-2)19-11-20-17(15)21-10-14-8-12(3)7-13(4)9-14/h7-9,11H,5-6,10H2,1-4H3,(H,18,19,20). The van der Waals surface area contributed by atoms with Crippen molar-refractivity contribution in [2.75, 3.05) is 11.9 Å². The minimum absolute atomic E-state index is 0.880. The minimum atomic E-state index is 0.880. The Hall–Kier alpha value is -1.55. The molecule has 21 heavy (non-hydrogen) atoms. The van der Waals surface area contributed by atoms with Crippen molar-refractivity contribution in [1.82, 2.24) is 9.97 Å². The summed E-state index contributed by atoms with van der Waals surface area (Å²) in [6, 6.07) is 6.70. The van der Waals surface area contributed by atoms with Crippen LogP contribution in [0.25, 0.3) is 0 Å². The maximum Gasteiger partial charge on any atom is 0.133 e. The molecule has 0 unspecified atom stereocenters. The zero-order valence-electron chi connectivity index (χ0n) is 13.2. The van der Waals surface area contributed by atoms with Crippen LogP contribution in [-0.2, 0) is 12.2 Å². The van der Waals surface area contributed by atoms with Gasteiger partial charge in [-0.2, -0.15) is 0 Å². The molecule has 0 radical (unpaired) electrons. The summed E-state index contributed by atoms with van der Waals surface area (Å²) in [6.07, 6.45) is 2.60. The molecule has 1 aromatic carbocycles. The lowest BCUT2D eigenvalue weighted by molar-refractivity contribution is 0.937. The molecule has 0 amide bonds. The predicted molar refractivity (Wildman–Crippen MR) is 91.1 cm³/mol. The van der Waals surface area contributed by atoms with E-state index in [2.05, 4.69) is 61.2 Å². The van der Waals surface area contributed by atoms with E-state index in [1.807, 2.05) is 0 Å². The van der Waals surface area contributed by atoms with Crippen molar-refractivity contribution in [3.63, 3.8) is 0 Å². The monoisotopic (exact) mass is 301 g/mol. The predicted octanol–water partition coefficient (Wildman–Crippen LogP) is 4.38. The van der Waals surface area contributed by atoms with Crippen molar-refractivity contribution in [2.45, 2.75) is 44.9 Å². The lowest BCUT2D eigenvalue weighted by atomic mass is 10.1. The fraction of sp³-hybridized carbons (Fsp3) is 0.412. The molecular formula is C17H23N3S. The molecule has 1 N–H and O–H groups in total. The third-order valence-corrected chi connectivity index (χ3v) is 4.36. The van der Waals surface area contributed by atoms with E-state index in [1.54, 1.807) is 18.1 Å². The molecule has 1 heterocycles. The fourth-order valence-corrected chi connectivity index (χ4v) is 3.47. The van der Waals surface area contributed by atoms with Gasteiger partial charge in [0.1, 0.15) is 17.2 Å². The van der Waals surface area contributed by atoms with Crippen LogP contribution in [0.2, 0.25) is 0 Å². The number of rotatable bonds is 6. The summed E-state index contributed by atoms with van der Waals surface area (Å²) in [5.74, 6) is 1.91. The van der Waals surface area contributed by atoms with Gasteiger partial charge in [-0.1, -0.05) is 36.2 Å². The molecule has 4 heteroatoms. The summed E-state index contributed by atoms with van der Waals surface area (Å²) >= 11 is 1.79. The van der Waals surface area contributed by atoms with Crippen LogP contribution in [-0.4, -0.2) is 16.5 Å². The van der Waals surface area contributed by atoms with Crippen LogP contribution in [0.1, 0.15) is 36.1 Å². The molecule has 0 aliphatic heterocycles. The van der Waals surface area contributed by atoms with Crippen molar-refractivity contribution >= 4 is 17.6 Å². The molecular weight excluding hydrogens is 278 g/mol. The van der Waals surface area contributed by atoms with E-state index in [9.17, 15) is 0 Å². The molecule has 0 saturated carbocycles. The molecule has 112 valence electrons. The van der Waals surface area contributed by atoms with E-state index >= 15 is 0 Å². The second-order valence-electron chi connectivity index (χ2n) is 5.17. The number of nitrogens with zero attached hydrogens (tertiary/aromatic N) is 2. The van der Waals surface area contributed by atoms with Crippen LogP contribution in [0.5, 0.6) is 0 Å². The highest BCUT2D eigenvalue weighted by Gasteiger charge is 2.10. The maximum atomic E-state index is 4.46.